The fourth-order valence-corrected chi connectivity index (χ4v) is 1.69. The molecule has 0 saturated carbocycles. The molecule has 0 aromatic carbocycles. The summed E-state index contributed by atoms with van der Waals surface area (Å²) in [5.74, 6) is -0.564. The van der Waals surface area contributed by atoms with E-state index in [0.29, 0.717) is 0 Å². The molecule has 0 saturated heterocycles. The molecule has 0 aromatic rings. The van der Waals surface area contributed by atoms with Crippen molar-refractivity contribution in [1.82, 2.24) is 10.6 Å². The number of aliphatic hydroxyl groups excluding tert-OH is 1. The molecule has 0 aliphatic rings. The average molecular weight is 325 g/mol. The van der Waals surface area contributed by atoms with Gasteiger partial charge in [-0.2, -0.15) is 0 Å². The monoisotopic (exact) mass is 325 g/mol. The van der Waals surface area contributed by atoms with E-state index in [1.54, 1.807) is 18.2 Å². The third-order valence-electron chi connectivity index (χ3n) is 2.80. The zero-order chi connectivity index (χ0) is 17.7. The summed E-state index contributed by atoms with van der Waals surface area (Å²) < 4.78 is 0. The molecule has 0 aliphatic heterocycles. The molecule has 0 aromatic heterocycles. The minimum absolute atomic E-state index is 0.00393. The predicted molar refractivity (Wildman–Crippen MR) is 89.7 cm³/mol. The van der Waals surface area contributed by atoms with E-state index in [4.69, 9.17) is 16.9 Å². The Bertz CT molecular complexity index is 448. The van der Waals surface area contributed by atoms with E-state index in [1.165, 1.54) is 6.08 Å². The second-order valence-corrected chi connectivity index (χ2v) is 5.11. The number of carbonyl (C=O) groups excluding carboxylic acids is 2. The van der Waals surface area contributed by atoms with E-state index < -0.39 is 12.1 Å². The van der Waals surface area contributed by atoms with Gasteiger partial charge >= 0.3 is 0 Å². The van der Waals surface area contributed by atoms with Gasteiger partial charge in [-0.25, -0.2) is 0 Å². The summed E-state index contributed by atoms with van der Waals surface area (Å²) in [5, 5.41) is 22.0. The Hall–Kier alpha value is -2.19. The number of aliphatic hydroxyl groups is 1. The number of hydrogen-bond donors (Lipinski definition) is 6. The molecule has 130 valence electrons. The van der Waals surface area contributed by atoms with Crippen LogP contribution in [0.3, 0.4) is 0 Å². The third kappa shape index (κ3) is 13.2. The van der Waals surface area contributed by atoms with Crippen LogP contribution in [-0.4, -0.2) is 48.0 Å². The second kappa shape index (κ2) is 12.4. The normalized spacial score (nSPS) is 13.9. The SMILES string of the molecule is C/C=C\C=C\C(=O)NC[C@H](O)C[C@@H](N)CC(=O)NCCC(=N)N. The lowest BCUT2D eigenvalue weighted by atomic mass is 10.1. The molecule has 8 N–H and O–H groups in total. The average Bonchev–Trinajstić information content (AvgIpc) is 2.44. The maximum atomic E-state index is 11.6. The largest absolute Gasteiger partial charge is 0.391 e. The second-order valence-electron chi connectivity index (χ2n) is 5.11. The quantitative estimate of drug-likeness (QED) is 0.126. The van der Waals surface area contributed by atoms with Crippen molar-refractivity contribution in [1.29, 1.82) is 5.41 Å². The summed E-state index contributed by atoms with van der Waals surface area (Å²) in [6.45, 7) is 2.19. The molecule has 0 fully saturated rings. The molecule has 8 heteroatoms. The molecule has 0 rings (SSSR count). The molecule has 0 unspecified atom stereocenters. The van der Waals surface area contributed by atoms with E-state index in [2.05, 4.69) is 10.6 Å². The van der Waals surface area contributed by atoms with Crippen molar-refractivity contribution >= 4 is 17.6 Å². The van der Waals surface area contributed by atoms with Crippen molar-refractivity contribution < 1.29 is 14.7 Å². The van der Waals surface area contributed by atoms with Crippen molar-refractivity contribution in [3.8, 4) is 0 Å². The van der Waals surface area contributed by atoms with Crippen LogP contribution < -0.4 is 22.1 Å². The molecule has 2 atom stereocenters. The van der Waals surface area contributed by atoms with Gasteiger partial charge in [-0.15, -0.1) is 0 Å². The van der Waals surface area contributed by atoms with Gasteiger partial charge in [0.25, 0.3) is 0 Å². The van der Waals surface area contributed by atoms with E-state index in [0.717, 1.165) is 0 Å². The molecule has 0 spiro atoms. The number of amidine groups is 1. The van der Waals surface area contributed by atoms with Gasteiger partial charge in [-0.1, -0.05) is 18.2 Å². The molecular weight excluding hydrogens is 298 g/mol. The summed E-state index contributed by atoms with van der Waals surface area (Å²) in [6, 6.07) is -0.516. The maximum Gasteiger partial charge on any atom is 0.244 e. The number of amides is 2. The summed E-state index contributed by atoms with van der Waals surface area (Å²) in [4.78, 5) is 23.0. The van der Waals surface area contributed by atoms with E-state index >= 15 is 0 Å². The number of carbonyl (C=O) groups is 2. The third-order valence-corrected chi connectivity index (χ3v) is 2.80. The number of rotatable bonds is 11. The van der Waals surface area contributed by atoms with Crippen LogP contribution in [0.2, 0.25) is 0 Å². The van der Waals surface area contributed by atoms with E-state index in [9.17, 15) is 14.7 Å². The molecule has 0 bridgehead atoms. The molecule has 8 nitrogen and oxygen atoms in total. The van der Waals surface area contributed by atoms with Crippen LogP contribution in [0.4, 0.5) is 0 Å². The van der Waals surface area contributed by atoms with Gasteiger partial charge in [0.15, 0.2) is 0 Å². The van der Waals surface area contributed by atoms with Crippen molar-refractivity contribution in [3.05, 3.63) is 24.3 Å². The van der Waals surface area contributed by atoms with Gasteiger partial charge in [0, 0.05) is 38.0 Å². The lowest BCUT2D eigenvalue weighted by Gasteiger charge is -2.16. The summed E-state index contributed by atoms with van der Waals surface area (Å²) >= 11 is 0. The van der Waals surface area contributed by atoms with Crippen LogP contribution in [0.5, 0.6) is 0 Å². The summed E-state index contributed by atoms with van der Waals surface area (Å²) in [6.07, 6.45) is 6.18. The van der Waals surface area contributed by atoms with E-state index in [1.807, 2.05) is 6.92 Å². The van der Waals surface area contributed by atoms with Crippen molar-refractivity contribution in [2.75, 3.05) is 13.1 Å². The van der Waals surface area contributed by atoms with Crippen LogP contribution in [0, 0.1) is 5.41 Å². The maximum absolute atomic E-state index is 11.6. The number of hydrogen-bond acceptors (Lipinski definition) is 5. The Morgan fingerprint density at radius 1 is 1.30 bits per heavy atom. The zero-order valence-electron chi connectivity index (χ0n) is 13.4. The number of allylic oxidation sites excluding steroid dienone is 3. The highest BCUT2D eigenvalue weighted by molar-refractivity contribution is 5.87. The lowest BCUT2D eigenvalue weighted by Crippen LogP contribution is -2.38. The van der Waals surface area contributed by atoms with Gasteiger partial charge in [-0.05, 0) is 13.3 Å². The van der Waals surface area contributed by atoms with Crippen molar-refractivity contribution in [2.24, 2.45) is 11.5 Å². The van der Waals surface area contributed by atoms with Crippen LogP contribution in [-0.2, 0) is 9.59 Å². The first-order valence-electron chi connectivity index (χ1n) is 7.45. The minimum Gasteiger partial charge on any atom is -0.391 e. The van der Waals surface area contributed by atoms with Crippen molar-refractivity contribution in [2.45, 2.75) is 38.3 Å². The van der Waals surface area contributed by atoms with Gasteiger partial charge in [0.05, 0.1) is 11.9 Å². The first-order valence-corrected chi connectivity index (χ1v) is 7.45. The predicted octanol–water partition coefficient (Wildman–Crippen LogP) is -0.854. The molecule has 2 amide bonds. The number of nitrogens with one attached hydrogen (secondary N) is 3. The van der Waals surface area contributed by atoms with Gasteiger partial charge in [0.1, 0.15) is 0 Å². The molecular formula is C15H27N5O3. The van der Waals surface area contributed by atoms with Crippen LogP contribution in [0.25, 0.3) is 0 Å². The lowest BCUT2D eigenvalue weighted by molar-refractivity contribution is -0.121. The Labute approximate surface area is 136 Å². The smallest absolute Gasteiger partial charge is 0.244 e. The van der Waals surface area contributed by atoms with Crippen LogP contribution in [0.15, 0.2) is 24.3 Å². The first-order chi connectivity index (χ1) is 10.8. The molecule has 0 radical (unpaired) electrons. The number of nitrogens with two attached hydrogens (primary N) is 2. The van der Waals surface area contributed by atoms with Gasteiger partial charge in [0.2, 0.25) is 11.8 Å². The summed E-state index contributed by atoms with van der Waals surface area (Å²) in [7, 11) is 0. The highest BCUT2D eigenvalue weighted by Gasteiger charge is 2.14. The standard InChI is InChI=1S/C15H27N5O3/c1-2-3-4-5-14(22)20-10-12(21)8-11(16)9-15(23)19-7-6-13(17)18/h2-5,11-12,21H,6-10,16H2,1H3,(H3,17,18)(H,19,23)(H,20,22)/b3-2-,5-4+/t11-,12-/m1/s1. The van der Waals surface area contributed by atoms with Gasteiger partial charge < -0.3 is 27.2 Å². The fraction of sp³-hybridized carbons (Fsp3) is 0.533. The molecule has 0 aliphatic carbocycles. The highest BCUT2D eigenvalue weighted by atomic mass is 16.3. The Balaban J connectivity index is 3.91. The Morgan fingerprint density at radius 3 is 2.61 bits per heavy atom. The van der Waals surface area contributed by atoms with Crippen molar-refractivity contribution in [3.63, 3.8) is 0 Å². The Morgan fingerprint density at radius 2 is 2.00 bits per heavy atom. The Kier molecular flexibility index (Phi) is 11.2. The van der Waals surface area contributed by atoms with Crippen LogP contribution in [0.1, 0.15) is 26.2 Å². The first kappa shape index (κ1) is 20.8. The summed E-state index contributed by atoms with van der Waals surface area (Å²) in [5.41, 5.74) is 11.0. The minimum atomic E-state index is -0.825. The fourth-order valence-electron chi connectivity index (χ4n) is 1.69. The highest BCUT2D eigenvalue weighted by Crippen LogP contribution is 2.00. The zero-order valence-corrected chi connectivity index (χ0v) is 13.4. The molecule has 23 heavy (non-hydrogen) atoms. The topological polar surface area (TPSA) is 154 Å². The van der Waals surface area contributed by atoms with Crippen LogP contribution >= 0.6 is 0 Å². The molecule has 0 heterocycles. The van der Waals surface area contributed by atoms with Gasteiger partial charge in [-0.3, -0.25) is 15.0 Å². The van der Waals surface area contributed by atoms with E-state index in [-0.39, 0.29) is 50.0 Å².